The predicted octanol–water partition coefficient (Wildman–Crippen LogP) is 3.76. The Balaban J connectivity index is 1.74. The minimum atomic E-state index is -0.145. The lowest BCUT2D eigenvalue weighted by molar-refractivity contribution is 0.785. The molecule has 0 bridgehead atoms. The van der Waals surface area contributed by atoms with Crippen molar-refractivity contribution in [3.05, 3.63) is 100 Å². The summed E-state index contributed by atoms with van der Waals surface area (Å²) in [6.45, 7) is 3.09. The Kier molecular flexibility index (Phi) is 4.66. The van der Waals surface area contributed by atoms with Crippen LogP contribution in [0.3, 0.4) is 0 Å². The van der Waals surface area contributed by atoms with E-state index in [9.17, 15) is 4.79 Å². The molecule has 134 valence electrons. The summed E-state index contributed by atoms with van der Waals surface area (Å²) in [7, 11) is 0. The van der Waals surface area contributed by atoms with Crippen molar-refractivity contribution in [2.75, 3.05) is 5.32 Å². The van der Waals surface area contributed by atoms with Crippen LogP contribution in [0.25, 0.3) is 11.0 Å². The first kappa shape index (κ1) is 17.0. The largest absolute Gasteiger partial charge is 0.361 e. The number of aryl methyl sites for hydroxylation is 1. The molecule has 0 aliphatic carbocycles. The highest BCUT2D eigenvalue weighted by Crippen LogP contribution is 2.14. The van der Waals surface area contributed by atoms with Gasteiger partial charge in [-0.15, -0.1) is 0 Å². The van der Waals surface area contributed by atoms with Crippen LogP contribution >= 0.6 is 0 Å². The highest BCUT2D eigenvalue weighted by atomic mass is 16.1. The molecule has 0 spiro atoms. The SMILES string of the molecule is Cc1ccccc1CNc1nc2ccncc2n(Cc2ccccc2)c1=O. The number of rotatable bonds is 5. The summed E-state index contributed by atoms with van der Waals surface area (Å²) in [5.41, 5.74) is 4.71. The first-order valence-corrected chi connectivity index (χ1v) is 8.89. The zero-order valence-corrected chi connectivity index (χ0v) is 15.1. The highest BCUT2D eigenvalue weighted by Gasteiger charge is 2.12. The second-order valence-electron chi connectivity index (χ2n) is 6.48. The zero-order valence-electron chi connectivity index (χ0n) is 15.1. The molecular formula is C22H20N4O. The van der Waals surface area contributed by atoms with Gasteiger partial charge in [-0.2, -0.15) is 0 Å². The summed E-state index contributed by atoms with van der Waals surface area (Å²) in [4.78, 5) is 21.8. The van der Waals surface area contributed by atoms with Gasteiger partial charge in [0.25, 0.3) is 5.56 Å². The van der Waals surface area contributed by atoms with Gasteiger partial charge in [-0.25, -0.2) is 4.98 Å². The van der Waals surface area contributed by atoms with Crippen molar-refractivity contribution < 1.29 is 0 Å². The van der Waals surface area contributed by atoms with E-state index in [1.54, 1.807) is 17.0 Å². The number of hydrogen-bond donors (Lipinski definition) is 1. The molecule has 2 aromatic heterocycles. The van der Waals surface area contributed by atoms with Crippen LogP contribution in [-0.4, -0.2) is 14.5 Å². The van der Waals surface area contributed by atoms with E-state index >= 15 is 0 Å². The molecule has 0 aliphatic rings. The maximum Gasteiger partial charge on any atom is 0.294 e. The van der Waals surface area contributed by atoms with Crippen molar-refractivity contribution in [3.63, 3.8) is 0 Å². The smallest absolute Gasteiger partial charge is 0.294 e. The van der Waals surface area contributed by atoms with E-state index in [2.05, 4.69) is 34.3 Å². The van der Waals surface area contributed by atoms with Gasteiger partial charge in [-0.3, -0.25) is 14.3 Å². The number of fused-ring (bicyclic) bond motifs is 1. The number of anilines is 1. The lowest BCUT2D eigenvalue weighted by Crippen LogP contribution is -2.26. The van der Waals surface area contributed by atoms with Crippen LogP contribution in [0, 0.1) is 6.92 Å². The van der Waals surface area contributed by atoms with Crippen molar-refractivity contribution in [3.8, 4) is 0 Å². The fraction of sp³-hybridized carbons (Fsp3) is 0.136. The number of pyridine rings is 1. The van der Waals surface area contributed by atoms with Crippen LogP contribution in [0.5, 0.6) is 0 Å². The van der Waals surface area contributed by atoms with Gasteiger partial charge < -0.3 is 5.32 Å². The fourth-order valence-electron chi connectivity index (χ4n) is 3.11. The monoisotopic (exact) mass is 356 g/mol. The Morgan fingerprint density at radius 2 is 1.78 bits per heavy atom. The van der Waals surface area contributed by atoms with Crippen molar-refractivity contribution in [2.45, 2.75) is 20.0 Å². The third-order valence-electron chi connectivity index (χ3n) is 4.64. The Labute approximate surface area is 157 Å². The average Bonchev–Trinajstić information content (AvgIpc) is 2.71. The van der Waals surface area contributed by atoms with E-state index < -0.39 is 0 Å². The molecule has 0 radical (unpaired) electrons. The average molecular weight is 356 g/mol. The van der Waals surface area contributed by atoms with Crippen molar-refractivity contribution >= 4 is 16.9 Å². The van der Waals surface area contributed by atoms with Crippen LogP contribution in [0.15, 0.2) is 77.9 Å². The van der Waals surface area contributed by atoms with Gasteiger partial charge in [0.05, 0.1) is 23.8 Å². The Bertz CT molecular complexity index is 1140. The molecule has 0 unspecified atom stereocenters. The molecule has 0 saturated heterocycles. The van der Waals surface area contributed by atoms with Crippen LogP contribution in [0.1, 0.15) is 16.7 Å². The van der Waals surface area contributed by atoms with Gasteiger partial charge in [0.15, 0.2) is 5.82 Å². The molecule has 0 fully saturated rings. The van der Waals surface area contributed by atoms with E-state index in [0.29, 0.717) is 18.9 Å². The maximum absolute atomic E-state index is 13.1. The van der Waals surface area contributed by atoms with E-state index in [1.807, 2.05) is 48.5 Å². The van der Waals surface area contributed by atoms with Crippen LogP contribution in [0.4, 0.5) is 5.82 Å². The number of hydrogen-bond acceptors (Lipinski definition) is 4. The van der Waals surface area contributed by atoms with Gasteiger partial charge in [-0.1, -0.05) is 54.6 Å². The predicted molar refractivity (Wildman–Crippen MR) is 108 cm³/mol. The standard InChI is InChI=1S/C22H20N4O/c1-16-7-5-6-10-18(16)13-24-21-22(27)26(15-17-8-3-2-4-9-17)20-14-23-12-11-19(20)25-21/h2-12,14H,13,15H2,1H3,(H,24,25). The first-order valence-electron chi connectivity index (χ1n) is 8.89. The van der Waals surface area contributed by atoms with Gasteiger partial charge in [0.1, 0.15) is 0 Å². The molecule has 0 amide bonds. The minimum Gasteiger partial charge on any atom is -0.361 e. The Morgan fingerprint density at radius 3 is 2.59 bits per heavy atom. The first-order chi connectivity index (χ1) is 13.2. The highest BCUT2D eigenvalue weighted by molar-refractivity contribution is 5.75. The van der Waals surface area contributed by atoms with Gasteiger partial charge in [-0.05, 0) is 29.7 Å². The third-order valence-corrected chi connectivity index (χ3v) is 4.64. The van der Waals surface area contributed by atoms with Crippen molar-refractivity contribution in [1.82, 2.24) is 14.5 Å². The number of aromatic nitrogens is 3. The van der Waals surface area contributed by atoms with E-state index in [4.69, 9.17) is 0 Å². The molecular weight excluding hydrogens is 336 g/mol. The van der Waals surface area contributed by atoms with Crippen LogP contribution < -0.4 is 10.9 Å². The van der Waals surface area contributed by atoms with Gasteiger partial charge in [0.2, 0.25) is 0 Å². The molecule has 0 atom stereocenters. The van der Waals surface area contributed by atoms with E-state index in [1.165, 1.54) is 5.56 Å². The summed E-state index contributed by atoms with van der Waals surface area (Å²) in [6, 6.07) is 19.9. The summed E-state index contributed by atoms with van der Waals surface area (Å²) in [6.07, 6.45) is 3.38. The number of nitrogens with one attached hydrogen (secondary N) is 1. The Morgan fingerprint density at radius 1 is 1.00 bits per heavy atom. The minimum absolute atomic E-state index is 0.145. The molecule has 2 aromatic carbocycles. The lowest BCUT2D eigenvalue weighted by Gasteiger charge is -2.13. The second-order valence-corrected chi connectivity index (χ2v) is 6.48. The third kappa shape index (κ3) is 3.58. The quantitative estimate of drug-likeness (QED) is 0.591. The molecule has 2 heterocycles. The summed E-state index contributed by atoms with van der Waals surface area (Å²) in [5, 5.41) is 3.22. The van der Waals surface area contributed by atoms with Gasteiger partial charge >= 0.3 is 0 Å². The molecule has 5 nitrogen and oxygen atoms in total. The van der Waals surface area contributed by atoms with E-state index in [-0.39, 0.29) is 5.56 Å². The Hall–Kier alpha value is -3.47. The second kappa shape index (κ2) is 7.41. The molecule has 4 aromatic rings. The molecule has 1 N–H and O–H groups in total. The summed E-state index contributed by atoms with van der Waals surface area (Å²) >= 11 is 0. The van der Waals surface area contributed by atoms with E-state index in [0.717, 1.165) is 22.2 Å². The molecule has 0 aliphatic heterocycles. The lowest BCUT2D eigenvalue weighted by atomic mass is 10.1. The summed E-state index contributed by atoms with van der Waals surface area (Å²) in [5.74, 6) is 0.355. The van der Waals surface area contributed by atoms with Crippen molar-refractivity contribution in [1.29, 1.82) is 0 Å². The topological polar surface area (TPSA) is 59.8 Å². The number of nitrogens with zero attached hydrogens (tertiary/aromatic N) is 3. The summed E-state index contributed by atoms with van der Waals surface area (Å²) < 4.78 is 1.73. The molecule has 5 heteroatoms. The van der Waals surface area contributed by atoms with Crippen LogP contribution in [0.2, 0.25) is 0 Å². The zero-order chi connectivity index (χ0) is 18.6. The van der Waals surface area contributed by atoms with Crippen molar-refractivity contribution in [2.24, 2.45) is 0 Å². The fourth-order valence-corrected chi connectivity index (χ4v) is 3.11. The van der Waals surface area contributed by atoms with Gasteiger partial charge in [0, 0.05) is 12.7 Å². The maximum atomic E-state index is 13.1. The number of benzene rings is 2. The normalized spacial score (nSPS) is 10.9. The molecule has 27 heavy (non-hydrogen) atoms. The van der Waals surface area contributed by atoms with Crippen LogP contribution in [-0.2, 0) is 13.1 Å². The molecule has 0 saturated carbocycles. The molecule has 4 rings (SSSR count).